The Hall–Kier alpha value is -2.28. The molecular weight excluding hydrogens is 262 g/mol. The van der Waals surface area contributed by atoms with E-state index >= 15 is 0 Å². The second-order valence-electron chi connectivity index (χ2n) is 4.06. The van der Waals surface area contributed by atoms with Crippen LogP contribution in [0.5, 0.6) is 17.2 Å². The van der Waals surface area contributed by atoms with Crippen molar-refractivity contribution >= 4 is 0 Å². The van der Waals surface area contributed by atoms with Crippen LogP contribution in [0.25, 0.3) is 0 Å². The highest BCUT2D eigenvalue weighted by molar-refractivity contribution is 5.53. The van der Waals surface area contributed by atoms with Crippen LogP contribution in [0.4, 0.5) is 0 Å². The second kappa shape index (κ2) is 6.25. The Balaban J connectivity index is 2.24. The van der Waals surface area contributed by atoms with Crippen LogP contribution in [0.3, 0.4) is 0 Å². The van der Waals surface area contributed by atoms with E-state index in [1.807, 2.05) is 0 Å². The van der Waals surface area contributed by atoms with Crippen LogP contribution in [0.15, 0.2) is 16.7 Å². The Morgan fingerprint density at radius 1 is 1.20 bits per heavy atom. The minimum Gasteiger partial charge on any atom is -0.493 e. The molecule has 0 amide bonds. The summed E-state index contributed by atoms with van der Waals surface area (Å²) < 4.78 is 21.2. The lowest BCUT2D eigenvalue weighted by Gasteiger charge is -2.14. The third-order valence-electron chi connectivity index (χ3n) is 2.67. The Kier molecular flexibility index (Phi) is 4.41. The van der Waals surface area contributed by atoms with Gasteiger partial charge >= 0.3 is 0 Å². The highest BCUT2D eigenvalue weighted by Crippen LogP contribution is 2.38. The smallest absolute Gasteiger partial charge is 0.264 e. The van der Waals surface area contributed by atoms with Crippen molar-refractivity contribution < 1.29 is 18.7 Å². The molecule has 1 aromatic heterocycles. The van der Waals surface area contributed by atoms with E-state index in [1.54, 1.807) is 33.3 Å². The first-order chi connectivity index (χ1) is 9.67. The maximum atomic E-state index is 5.66. The van der Waals surface area contributed by atoms with Gasteiger partial charge in [-0.3, -0.25) is 0 Å². The number of aryl methyl sites for hydroxylation is 1. The minimum atomic E-state index is 0.134. The molecular formula is C13H17N3O4. The molecule has 0 aliphatic heterocycles. The lowest BCUT2D eigenvalue weighted by atomic mass is 10.2. The van der Waals surface area contributed by atoms with Gasteiger partial charge in [-0.1, -0.05) is 5.16 Å². The summed E-state index contributed by atoms with van der Waals surface area (Å²) in [6.45, 7) is 2.26. The quantitative estimate of drug-likeness (QED) is 0.855. The maximum absolute atomic E-state index is 5.66. The number of methoxy groups -OCH3 is 2. The van der Waals surface area contributed by atoms with E-state index in [0.29, 0.717) is 35.5 Å². The van der Waals surface area contributed by atoms with Gasteiger partial charge in [0.15, 0.2) is 23.9 Å². The average molecular weight is 279 g/mol. The van der Waals surface area contributed by atoms with E-state index in [-0.39, 0.29) is 6.61 Å². The molecule has 2 aromatic rings. The van der Waals surface area contributed by atoms with E-state index in [9.17, 15) is 0 Å². The first kappa shape index (κ1) is 14.1. The van der Waals surface area contributed by atoms with Gasteiger partial charge in [-0.2, -0.15) is 4.98 Å². The molecule has 0 aliphatic carbocycles. The van der Waals surface area contributed by atoms with Crippen molar-refractivity contribution in [2.45, 2.75) is 20.1 Å². The Bertz CT molecular complexity index is 558. The summed E-state index contributed by atoms with van der Waals surface area (Å²) in [5, 5.41) is 3.70. The van der Waals surface area contributed by atoms with E-state index < -0.39 is 0 Å². The van der Waals surface area contributed by atoms with E-state index in [0.717, 1.165) is 5.56 Å². The molecule has 0 fully saturated rings. The van der Waals surface area contributed by atoms with E-state index in [1.165, 1.54) is 0 Å². The molecule has 0 saturated carbocycles. The molecule has 0 saturated heterocycles. The summed E-state index contributed by atoms with van der Waals surface area (Å²) in [6.07, 6.45) is 0. The van der Waals surface area contributed by atoms with Crippen molar-refractivity contribution in [2.24, 2.45) is 5.73 Å². The molecule has 2 rings (SSSR count). The van der Waals surface area contributed by atoms with Gasteiger partial charge in [0.1, 0.15) is 0 Å². The highest BCUT2D eigenvalue weighted by atomic mass is 16.5. The SMILES string of the molecule is COc1cc(CN)cc(OC)c1OCc1nc(C)no1. The van der Waals surface area contributed by atoms with Crippen LogP contribution < -0.4 is 19.9 Å². The van der Waals surface area contributed by atoms with Crippen LogP contribution in [-0.2, 0) is 13.2 Å². The Morgan fingerprint density at radius 3 is 2.30 bits per heavy atom. The summed E-state index contributed by atoms with van der Waals surface area (Å²) in [6, 6.07) is 3.60. The lowest BCUT2D eigenvalue weighted by Crippen LogP contribution is -2.03. The first-order valence-corrected chi connectivity index (χ1v) is 6.05. The molecule has 1 heterocycles. The lowest BCUT2D eigenvalue weighted by molar-refractivity contribution is 0.223. The van der Waals surface area contributed by atoms with Crippen LogP contribution >= 0.6 is 0 Å². The number of hydrogen-bond donors (Lipinski definition) is 1. The van der Waals surface area contributed by atoms with Crippen LogP contribution in [0.2, 0.25) is 0 Å². The molecule has 108 valence electrons. The Morgan fingerprint density at radius 2 is 1.85 bits per heavy atom. The molecule has 7 nitrogen and oxygen atoms in total. The first-order valence-electron chi connectivity index (χ1n) is 6.05. The van der Waals surface area contributed by atoms with Gasteiger partial charge in [0, 0.05) is 6.54 Å². The molecule has 2 N–H and O–H groups in total. The zero-order valence-electron chi connectivity index (χ0n) is 11.7. The molecule has 1 aromatic carbocycles. The number of benzene rings is 1. The molecule has 0 bridgehead atoms. The van der Waals surface area contributed by atoms with Gasteiger partial charge in [0.25, 0.3) is 5.89 Å². The van der Waals surface area contributed by atoms with Gasteiger partial charge in [-0.15, -0.1) is 0 Å². The van der Waals surface area contributed by atoms with E-state index in [2.05, 4.69) is 10.1 Å². The molecule has 0 unspecified atom stereocenters. The van der Waals surface area contributed by atoms with Crippen molar-refractivity contribution in [3.63, 3.8) is 0 Å². The summed E-state index contributed by atoms with van der Waals surface area (Å²) in [7, 11) is 3.11. The molecule has 20 heavy (non-hydrogen) atoms. The number of rotatable bonds is 6. The van der Waals surface area contributed by atoms with E-state index in [4.69, 9.17) is 24.5 Å². The second-order valence-corrected chi connectivity index (χ2v) is 4.06. The molecule has 0 spiro atoms. The maximum Gasteiger partial charge on any atom is 0.264 e. The Labute approximate surface area is 116 Å². The third-order valence-corrected chi connectivity index (χ3v) is 2.67. The van der Waals surface area contributed by atoms with Gasteiger partial charge in [0.05, 0.1) is 14.2 Å². The number of ether oxygens (including phenoxy) is 3. The largest absolute Gasteiger partial charge is 0.493 e. The summed E-state index contributed by atoms with van der Waals surface area (Å²) >= 11 is 0. The summed E-state index contributed by atoms with van der Waals surface area (Å²) in [4.78, 5) is 4.07. The predicted molar refractivity (Wildman–Crippen MR) is 70.8 cm³/mol. The van der Waals surface area contributed by atoms with Crippen molar-refractivity contribution in [2.75, 3.05) is 14.2 Å². The fourth-order valence-electron chi connectivity index (χ4n) is 1.73. The van der Waals surface area contributed by atoms with Gasteiger partial charge < -0.3 is 24.5 Å². The average Bonchev–Trinajstić information content (AvgIpc) is 2.89. The van der Waals surface area contributed by atoms with Crippen LogP contribution in [0.1, 0.15) is 17.3 Å². The van der Waals surface area contributed by atoms with Crippen molar-refractivity contribution in [3.8, 4) is 17.2 Å². The molecule has 0 aliphatic rings. The third kappa shape index (κ3) is 3.00. The zero-order chi connectivity index (χ0) is 14.5. The van der Waals surface area contributed by atoms with Crippen molar-refractivity contribution in [1.29, 1.82) is 0 Å². The molecule has 0 radical (unpaired) electrons. The number of nitrogens with zero attached hydrogens (tertiary/aromatic N) is 2. The fourth-order valence-corrected chi connectivity index (χ4v) is 1.73. The highest BCUT2D eigenvalue weighted by Gasteiger charge is 2.15. The van der Waals surface area contributed by atoms with Crippen molar-refractivity contribution in [3.05, 3.63) is 29.4 Å². The minimum absolute atomic E-state index is 0.134. The van der Waals surface area contributed by atoms with Gasteiger partial charge in [0.2, 0.25) is 5.75 Å². The molecule has 7 heteroatoms. The summed E-state index contributed by atoms with van der Waals surface area (Å²) in [5.41, 5.74) is 6.52. The predicted octanol–water partition coefficient (Wildman–Crippen LogP) is 1.43. The number of nitrogens with two attached hydrogens (primary N) is 1. The number of hydrogen-bond acceptors (Lipinski definition) is 7. The number of aromatic nitrogens is 2. The fraction of sp³-hybridized carbons (Fsp3) is 0.385. The summed E-state index contributed by atoms with van der Waals surface area (Å²) in [5.74, 6) is 2.50. The zero-order valence-corrected chi connectivity index (χ0v) is 11.7. The van der Waals surface area contributed by atoms with Crippen LogP contribution in [-0.4, -0.2) is 24.4 Å². The van der Waals surface area contributed by atoms with Crippen molar-refractivity contribution in [1.82, 2.24) is 10.1 Å². The molecule has 0 atom stereocenters. The monoisotopic (exact) mass is 279 g/mol. The van der Waals surface area contributed by atoms with Crippen LogP contribution in [0, 0.1) is 6.92 Å². The van der Waals surface area contributed by atoms with Gasteiger partial charge in [-0.05, 0) is 24.6 Å². The standard InChI is InChI=1S/C13H17N3O4/c1-8-15-12(20-16-8)7-19-13-10(17-2)4-9(6-14)5-11(13)18-3/h4-5H,6-7,14H2,1-3H3. The van der Waals surface area contributed by atoms with Gasteiger partial charge in [-0.25, -0.2) is 0 Å². The normalized spacial score (nSPS) is 10.4. The topological polar surface area (TPSA) is 92.6 Å².